The number of aryl methyl sites for hydroxylation is 1. The van der Waals surface area contributed by atoms with Crippen LogP contribution < -0.4 is 10.1 Å². The second kappa shape index (κ2) is 8.55. The van der Waals surface area contributed by atoms with Crippen LogP contribution in [-0.4, -0.2) is 32.3 Å². The first-order valence-corrected chi connectivity index (χ1v) is 7.60. The molecule has 7 heteroatoms. The van der Waals surface area contributed by atoms with Crippen molar-refractivity contribution in [1.29, 1.82) is 0 Å². The van der Waals surface area contributed by atoms with Gasteiger partial charge in [0.2, 0.25) is 0 Å². The third-order valence-electron chi connectivity index (χ3n) is 2.54. The molecule has 0 aliphatic rings. The first-order chi connectivity index (χ1) is 9.54. The van der Waals surface area contributed by atoms with Crippen molar-refractivity contribution in [1.82, 2.24) is 0 Å². The topological polar surface area (TPSA) is 95.9 Å². The molecule has 112 valence electrons. The highest BCUT2D eigenvalue weighted by molar-refractivity contribution is 7.79. The van der Waals surface area contributed by atoms with E-state index in [0.717, 1.165) is 12.0 Å². The zero-order valence-electron chi connectivity index (χ0n) is 11.3. The van der Waals surface area contributed by atoms with Gasteiger partial charge in [0.05, 0.1) is 12.3 Å². The average Bonchev–Trinajstić information content (AvgIpc) is 2.41. The van der Waals surface area contributed by atoms with Gasteiger partial charge in [0.1, 0.15) is 11.6 Å². The molecule has 0 aliphatic heterocycles. The molecule has 0 saturated carbocycles. The van der Waals surface area contributed by atoms with Crippen molar-refractivity contribution in [2.75, 3.05) is 17.8 Å². The van der Waals surface area contributed by atoms with Crippen molar-refractivity contribution in [3.05, 3.63) is 23.8 Å². The lowest BCUT2D eigenvalue weighted by molar-refractivity contribution is -0.136. The van der Waals surface area contributed by atoms with Gasteiger partial charge in [-0.1, -0.05) is 19.1 Å². The van der Waals surface area contributed by atoms with Crippen LogP contribution in [0.25, 0.3) is 0 Å². The van der Waals surface area contributed by atoms with Crippen molar-refractivity contribution in [2.45, 2.75) is 26.2 Å². The number of para-hydroxylation sites is 1. The number of hydrogen-bond acceptors (Lipinski definition) is 4. The maximum Gasteiger partial charge on any atom is 0.303 e. The third-order valence-corrected chi connectivity index (χ3v) is 2.93. The molecule has 3 N–H and O–H groups in total. The smallest absolute Gasteiger partial charge is 0.303 e. The number of aliphatic carboxylic acids is 1. The van der Waals surface area contributed by atoms with Gasteiger partial charge in [-0.2, -0.15) is 0 Å². The van der Waals surface area contributed by atoms with Gasteiger partial charge in [-0.15, -0.1) is 0 Å². The van der Waals surface area contributed by atoms with E-state index in [-0.39, 0.29) is 12.3 Å². The quantitative estimate of drug-likeness (QED) is 0.604. The second-order valence-electron chi connectivity index (χ2n) is 4.18. The van der Waals surface area contributed by atoms with E-state index in [9.17, 15) is 9.00 Å². The number of ether oxygens (including phenoxy) is 1. The first kappa shape index (κ1) is 16.5. The van der Waals surface area contributed by atoms with Crippen LogP contribution in [0.5, 0.6) is 5.75 Å². The molecule has 0 saturated heterocycles. The van der Waals surface area contributed by atoms with Crippen molar-refractivity contribution in [3.63, 3.8) is 0 Å². The average molecular weight is 301 g/mol. The van der Waals surface area contributed by atoms with Gasteiger partial charge in [0.25, 0.3) is 0 Å². The van der Waals surface area contributed by atoms with Gasteiger partial charge < -0.3 is 19.7 Å². The highest BCUT2D eigenvalue weighted by Gasteiger charge is 2.11. The molecule has 0 fully saturated rings. The Morgan fingerprint density at radius 2 is 2.20 bits per heavy atom. The Bertz CT molecular complexity index is 442. The Hall–Kier alpha value is -1.60. The van der Waals surface area contributed by atoms with Crippen LogP contribution in [-0.2, 0) is 22.3 Å². The van der Waals surface area contributed by atoms with Gasteiger partial charge in [-0.05, 0) is 24.5 Å². The lowest BCUT2D eigenvalue weighted by atomic mass is 10.1. The predicted molar refractivity (Wildman–Crippen MR) is 77.4 cm³/mol. The molecule has 1 aromatic carbocycles. The summed E-state index contributed by atoms with van der Waals surface area (Å²) in [5.41, 5.74) is 1.37. The fraction of sp³-hybridized carbons (Fsp3) is 0.462. The lowest BCUT2D eigenvalue weighted by Crippen LogP contribution is -2.10. The summed E-state index contributed by atoms with van der Waals surface area (Å²) in [6, 6.07) is 5.30. The molecular formula is C13H19NO5S. The number of rotatable bonds is 9. The van der Waals surface area contributed by atoms with E-state index in [1.807, 2.05) is 6.92 Å². The van der Waals surface area contributed by atoms with E-state index in [0.29, 0.717) is 24.5 Å². The van der Waals surface area contributed by atoms with Crippen LogP contribution in [0.1, 0.15) is 25.3 Å². The van der Waals surface area contributed by atoms with Crippen LogP contribution in [0.15, 0.2) is 18.2 Å². The molecule has 0 spiro atoms. The summed E-state index contributed by atoms with van der Waals surface area (Å²) in [5, 5.41) is 11.6. The van der Waals surface area contributed by atoms with Gasteiger partial charge in [0.15, 0.2) is 11.1 Å². The predicted octanol–water partition coefficient (Wildman–Crippen LogP) is 2.08. The monoisotopic (exact) mass is 301 g/mol. The van der Waals surface area contributed by atoms with Crippen LogP contribution in [0.3, 0.4) is 0 Å². The van der Waals surface area contributed by atoms with E-state index in [1.165, 1.54) is 0 Å². The fourth-order valence-electron chi connectivity index (χ4n) is 1.68. The van der Waals surface area contributed by atoms with Crippen molar-refractivity contribution < 1.29 is 23.4 Å². The molecule has 0 amide bonds. The van der Waals surface area contributed by atoms with Crippen LogP contribution in [0.2, 0.25) is 0 Å². The third kappa shape index (κ3) is 5.58. The maximum atomic E-state index is 10.7. The summed E-state index contributed by atoms with van der Waals surface area (Å²) in [6.45, 7) is 2.47. The van der Waals surface area contributed by atoms with Gasteiger partial charge >= 0.3 is 5.97 Å². The maximum absolute atomic E-state index is 10.7. The Balaban J connectivity index is 2.92. The standard InChI is InChI=1S/C13H19NO5S/c1-2-8-19-13-10(6-7-12(15)16)4-3-5-11(13)14-9-20(17)18/h3-5,14H,2,6-9H2,1H3,(H,15,16)(H,17,18). The van der Waals surface area contributed by atoms with Crippen LogP contribution in [0, 0.1) is 0 Å². The number of anilines is 1. The Kier molecular flexibility index (Phi) is 7.03. The molecule has 1 unspecified atom stereocenters. The molecule has 6 nitrogen and oxygen atoms in total. The fourth-order valence-corrected chi connectivity index (χ4v) is 1.96. The summed E-state index contributed by atoms with van der Waals surface area (Å²) in [5.74, 6) is -0.424. The number of carboxylic acids is 1. The number of carbonyl (C=O) groups is 1. The minimum atomic E-state index is -1.96. The van der Waals surface area contributed by atoms with Crippen molar-refractivity contribution in [3.8, 4) is 5.75 Å². The number of carboxylic acid groups (broad SMARTS) is 1. The summed E-state index contributed by atoms with van der Waals surface area (Å²) in [6.07, 6.45) is 1.18. The van der Waals surface area contributed by atoms with E-state index in [1.54, 1.807) is 18.2 Å². The minimum absolute atomic E-state index is 0.0118. The largest absolute Gasteiger partial charge is 0.491 e. The van der Waals surface area contributed by atoms with E-state index in [4.69, 9.17) is 14.4 Å². The van der Waals surface area contributed by atoms with E-state index in [2.05, 4.69) is 5.32 Å². The zero-order valence-corrected chi connectivity index (χ0v) is 12.1. The lowest BCUT2D eigenvalue weighted by Gasteiger charge is -2.16. The molecule has 1 rings (SSSR count). The number of hydrogen-bond donors (Lipinski definition) is 3. The SMILES string of the molecule is CCCOc1c(CCC(=O)O)cccc1NCS(=O)O. The highest BCUT2D eigenvalue weighted by Crippen LogP contribution is 2.30. The molecule has 0 bridgehead atoms. The van der Waals surface area contributed by atoms with Crippen molar-refractivity contribution >= 4 is 22.7 Å². The molecule has 1 aromatic rings. The molecule has 0 heterocycles. The number of benzene rings is 1. The van der Waals surface area contributed by atoms with E-state index < -0.39 is 17.0 Å². The summed E-state index contributed by atoms with van der Waals surface area (Å²) in [4.78, 5) is 10.7. The summed E-state index contributed by atoms with van der Waals surface area (Å²) >= 11 is -1.96. The zero-order chi connectivity index (χ0) is 15.0. The van der Waals surface area contributed by atoms with Gasteiger partial charge in [0, 0.05) is 6.42 Å². The van der Waals surface area contributed by atoms with Crippen LogP contribution in [0.4, 0.5) is 5.69 Å². The van der Waals surface area contributed by atoms with Gasteiger partial charge in [-0.25, -0.2) is 4.21 Å². The molecule has 0 aromatic heterocycles. The highest BCUT2D eigenvalue weighted by atomic mass is 32.2. The van der Waals surface area contributed by atoms with Crippen LogP contribution >= 0.6 is 0 Å². The molecule has 0 aliphatic carbocycles. The Morgan fingerprint density at radius 1 is 1.45 bits per heavy atom. The minimum Gasteiger partial charge on any atom is -0.491 e. The Morgan fingerprint density at radius 3 is 2.80 bits per heavy atom. The molecule has 20 heavy (non-hydrogen) atoms. The first-order valence-electron chi connectivity index (χ1n) is 6.32. The normalized spacial score (nSPS) is 11.9. The molecule has 1 atom stereocenters. The molecular weight excluding hydrogens is 282 g/mol. The molecule has 0 radical (unpaired) electrons. The Labute approximate surface area is 120 Å². The van der Waals surface area contributed by atoms with Gasteiger partial charge in [-0.3, -0.25) is 4.79 Å². The van der Waals surface area contributed by atoms with Crippen molar-refractivity contribution in [2.24, 2.45) is 0 Å². The summed E-state index contributed by atoms with van der Waals surface area (Å²) < 4.78 is 25.2. The van der Waals surface area contributed by atoms with E-state index >= 15 is 0 Å². The second-order valence-corrected chi connectivity index (χ2v) is 5.11. The number of nitrogens with one attached hydrogen (secondary N) is 1. The summed E-state index contributed by atoms with van der Waals surface area (Å²) in [7, 11) is 0.